The van der Waals surface area contributed by atoms with E-state index in [0.29, 0.717) is 36.7 Å². The summed E-state index contributed by atoms with van der Waals surface area (Å²) in [5.41, 5.74) is 1.26. The van der Waals surface area contributed by atoms with Crippen molar-refractivity contribution in [3.63, 3.8) is 0 Å². The van der Waals surface area contributed by atoms with Crippen molar-refractivity contribution in [3.05, 3.63) is 18.2 Å². The summed E-state index contributed by atoms with van der Waals surface area (Å²) in [4.78, 5) is 11.1. The average molecular weight is 263 g/mol. The van der Waals surface area contributed by atoms with Gasteiger partial charge in [-0.15, -0.1) is 0 Å². The van der Waals surface area contributed by atoms with E-state index in [9.17, 15) is 4.79 Å². The summed E-state index contributed by atoms with van der Waals surface area (Å²) in [7, 11) is 0. The number of aliphatic hydroxyl groups excluding tert-OH is 1. The van der Waals surface area contributed by atoms with Gasteiger partial charge in [0.1, 0.15) is 12.4 Å². The number of rotatable bonds is 7. The molecule has 1 aromatic carbocycles. The van der Waals surface area contributed by atoms with Gasteiger partial charge in [0.2, 0.25) is 5.91 Å². The molecule has 0 bridgehead atoms. The second-order valence-electron chi connectivity index (χ2n) is 3.69. The molecular formula is C13H17N3O3. The lowest BCUT2D eigenvalue weighted by molar-refractivity contribution is -0.118. The first-order chi connectivity index (χ1) is 9.21. The Morgan fingerprint density at radius 1 is 1.53 bits per heavy atom. The number of benzene rings is 1. The Balaban J connectivity index is 2.84. The molecule has 0 aromatic heterocycles. The first-order valence-electron chi connectivity index (χ1n) is 5.99. The van der Waals surface area contributed by atoms with Crippen LogP contribution >= 0.6 is 0 Å². The maximum absolute atomic E-state index is 11.1. The average Bonchev–Trinajstić information content (AvgIpc) is 2.42. The van der Waals surface area contributed by atoms with Crippen molar-refractivity contribution in [2.24, 2.45) is 0 Å². The van der Waals surface area contributed by atoms with Crippen LogP contribution in [0.3, 0.4) is 0 Å². The molecule has 3 N–H and O–H groups in total. The van der Waals surface area contributed by atoms with Crippen molar-refractivity contribution in [3.8, 4) is 11.8 Å². The highest BCUT2D eigenvalue weighted by Crippen LogP contribution is 2.28. The quantitative estimate of drug-likeness (QED) is 0.645. The molecule has 0 aliphatic heterocycles. The van der Waals surface area contributed by atoms with Crippen LogP contribution < -0.4 is 15.4 Å². The first kappa shape index (κ1) is 14.8. The number of carbonyl (C=O) groups excluding carboxylic acids is 1. The maximum Gasteiger partial charge on any atom is 0.250 e. The Kier molecular flexibility index (Phi) is 6.19. The molecule has 0 saturated carbocycles. The highest BCUT2D eigenvalue weighted by Gasteiger charge is 2.06. The van der Waals surface area contributed by atoms with Gasteiger partial charge in [-0.2, -0.15) is 5.26 Å². The molecule has 1 rings (SSSR count). The number of ether oxygens (including phenoxy) is 1. The number of amides is 1. The van der Waals surface area contributed by atoms with Crippen LogP contribution in [0.15, 0.2) is 18.2 Å². The molecule has 102 valence electrons. The van der Waals surface area contributed by atoms with Crippen LogP contribution in [-0.2, 0) is 4.79 Å². The second-order valence-corrected chi connectivity index (χ2v) is 3.69. The summed E-state index contributed by atoms with van der Waals surface area (Å²) in [6.07, 6.45) is 0.374. The number of carbonyl (C=O) groups is 1. The molecular weight excluding hydrogens is 246 g/mol. The fraction of sp³-hybridized carbons (Fsp3) is 0.385. The zero-order chi connectivity index (χ0) is 14.1. The largest absolute Gasteiger partial charge is 0.492 e. The number of nitrogens with zero attached hydrogens (tertiary/aromatic N) is 1. The number of hydrogen-bond donors (Lipinski definition) is 3. The van der Waals surface area contributed by atoms with Gasteiger partial charge in [0.15, 0.2) is 0 Å². The van der Waals surface area contributed by atoms with Crippen molar-refractivity contribution in [1.82, 2.24) is 0 Å². The molecule has 1 amide bonds. The van der Waals surface area contributed by atoms with Crippen LogP contribution in [0.2, 0.25) is 0 Å². The minimum absolute atomic E-state index is 0.374. The minimum Gasteiger partial charge on any atom is -0.492 e. The molecule has 0 saturated heterocycles. The van der Waals surface area contributed by atoms with Crippen molar-refractivity contribution in [2.75, 3.05) is 30.4 Å². The number of anilines is 2. The molecule has 0 unspecified atom stereocenters. The first-order valence-corrected chi connectivity index (χ1v) is 5.99. The van der Waals surface area contributed by atoms with Crippen LogP contribution in [0.5, 0.6) is 5.75 Å². The van der Waals surface area contributed by atoms with E-state index < -0.39 is 12.5 Å². The Morgan fingerprint density at radius 3 is 2.95 bits per heavy atom. The summed E-state index contributed by atoms with van der Waals surface area (Å²) in [6.45, 7) is 2.33. The van der Waals surface area contributed by atoms with Crippen LogP contribution in [0, 0.1) is 11.3 Å². The molecule has 1 aromatic rings. The van der Waals surface area contributed by atoms with Gasteiger partial charge in [-0.1, -0.05) is 0 Å². The van der Waals surface area contributed by atoms with Gasteiger partial charge < -0.3 is 20.5 Å². The van der Waals surface area contributed by atoms with E-state index in [2.05, 4.69) is 10.6 Å². The van der Waals surface area contributed by atoms with Crippen molar-refractivity contribution < 1.29 is 14.6 Å². The van der Waals surface area contributed by atoms with E-state index in [1.807, 2.05) is 13.0 Å². The minimum atomic E-state index is -0.565. The van der Waals surface area contributed by atoms with Gasteiger partial charge in [0.25, 0.3) is 0 Å². The van der Waals surface area contributed by atoms with Gasteiger partial charge in [0.05, 0.1) is 24.8 Å². The third-order valence-electron chi connectivity index (χ3n) is 2.26. The maximum atomic E-state index is 11.1. The topological polar surface area (TPSA) is 94.4 Å². The summed E-state index contributed by atoms with van der Waals surface area (Å²) in [5.74, 6) is 0.176. The van der Waals surface area contributed by atoms with Crippen LogP contribution in [0.25, 0.3) is 0 Å². The van der Waals surface area contributed by atoms with Crippen molar-refractivity contribution in [2.45, 2.75) is 13.3 Å². The molecule has 0 aliphatic rings. The van der Waals surface area contributed by atoms with Crippen LogP contribution in [0.1, 0.15) is 13.3 Å². The number of hydrogen-bond acceptors (Lipinski definition) is 5. The Labute approximate surface area is 112 Å². The van der Waals surface area contributed by atoms with E-state index in [0.717, 1.165) is 0 Å². The summed E-state index contributed by atoms with van der Waals surface area (Å²) in [5, 5.41) is 22.8. The van der Waals surface area contributed by atoms with E-state index in [4.69, 9.17) is 15.1 Å². The molecule has 19 heavy (non-hydrogen) atoms. The number of nitrogens with one attached hydrogen (secondary N) is 2. The Morgan fingerprint density at radius 2 is 2.32 bits per heavy atom. The van der Waals surface area contributed by atoms with E-state index >= 15 is 0 Å². The smallest absolute Gasteiger partial charge is 0.250 e. The van der Waals surface area contributed by atoms with Crippen LogP contribution in [0.4, 0.5) is 11.4 Å². The standard InChI is InChI=1S/C13H17N3O3/c1-2-19-12-5-4-10(16-13(18)9-17)8-11(12)15-7-3-6-14/h4-5,8,15,17H,2-3,7,9H2,1H3,(H,16,18). The van der Waals surface area contributed by atoms with Crippen LogP contribution in [-0.4, -0.2) is 30.8 Å². The van der Waals surface area contributed by atoms with E-state index in [-0.39, 0.29) is 0 Å². The fourth-order valence-electron chi connectivity index (χ4n) is 1.48. The monoisotopic (exact) mass is 263 g/mol. The van der Waals surface area contributed by atoms with Crippen molar-refractivity contribution in [1.29, 1.82) is 5.26 Å². The highest BCUT2D eigenvalue weighted by atomic mass is 16.5. The predicted molar refractivity (Wildman–Crippen MR) is 72.0 cm³/mol. The van der Waals surface area contributed by atoms with Gasteiger partial charge >= 0.3 is 0 Å². The zero-order valence-corrected chi connectivity index (χ0v) is 10.8. The lowest BCUT2D eigenvalue weighted by Crippen LogP contribution is -2.15. The molecule has 0 atom stereocenters. The number of aliphatic hydroxyl groups is 1. The molecule has 6 heteroatoms. The van der Waals surface area contributed by atoms with Crippen molar-refractivity contribution >= 4 is 17.3 Å². The number of nitriles is 1. The lowest BCUT2D eigenvalue weighted by Gasteiger charge is -2.13. The lowest BCUT2D eigenvalue weighted by atomic mass is 10.2. The Hall–Kier alpha value is -2.26. The SMILES string of the molecule is CCOc1ccc(NC(=O)CO)cc1NCCC#N. The van der Waals surface area contributed by atoms with E-state index in [1.54, 1.807) is 18.2 Å². The molecule has 0 radical (unpaired) electrons. The third-order valence-corrected chi connectivity index (χ3v) is 2.26. The molecule has 0 heterocycles. The fourth-order valence-corrected chi connectivity index (χ4v) is 1.48. The molecule has 0 aliphatic carbocycles. The Bertz CT molecular complexity index is 469. The summed E-state index contributed by atoms with van der Waals surface area (Å²) < 4.78 is 5.45. The molecule has 0 fully saturated rings. The highest BCUT2D eigenvalue weighted by molar-refractivity contribution is 5.92. The summed E-state index contributed by atoms with van der Waals surface area (Å²) >= 11 is 0. The van der Waals surface area contributed by atoms with Gasteiger partial charge in [-0.3, -0.25) is 4.79 Å². The molecule has 6 nitrogen and oxygen atoms in total. The van der Waals surface area contributed by atoms with E-state index in [1.165, 1.54) is 0 Å². The predicted octanol–water partition coefficient (Wildman–Crippen LogP) is 1.34. The normalized spacial score (nSPS) is 9.53. The summed E-state index contributed by atoms with van der Waals surface area (Å²) in [6, 6.07) is 7.16. The second kappa shape index (κ2) is 7.95. The molecule has 0 spiro atoms. The zero-order valence-electron chi connectivity index (χ0n) is 10.8. The third kappa shape index (κ3) is 4.85. The van der Waals surface area contributed by atoms with Gasteiger partial charge in [-0.25, -0.2) is 0 Å². The van der Waals surface area contributed by atoms with Gasteiger partial charge in [-0.05, 0) is 25.1 Å². The van der Waals surface area contributed by atoms with Gasteiger partial charge in [0, 0.05) is 12.2 Å².